The van der Waals surface area contributed by atoms with Crippen molar-refractivity contribution >= 4 is 0 Å². The van der Waals surface area contributed by atoms with Gasteiger partial charge < -0.3 is 4.90 Å². The van der Waals surface area contributed by atoms with E-state index in [0.29, 0.717) is 0 Å². The molecule has 0 aromatic rings. The molecule has 0 heterocycles. The van der Waals surface area contributed by atoms with Crippen molar-refractivity contribution in [2.75, 3.05) is 14.1 Å². The first-order chi connectivity index (χ1) is 4.70. The lowest BCUT2D eigenvalue weighted by Gasteiger charge is -2.30. The monoisotopic (exact) mass is 157 g/mol. The van der Waals surface area contributed by atoms with E-state index >= 15 is 0 Å². The van der Waals surface area contributed by atoms with Crippen molar-refractivity contribution in [1.82, 2.24) is 4.90 Å². The molecule has 1 nitrogen and oxygen atoms in total. The smallest absolute Gasteiger partial charge is 0.00893 e. The number of hydrogen-bond donors (Lipinski definition) is 0. The molecule has 1 aliphatic carbocycles. The first kappa shape index (κ1) is 11.0. The molecular weight excluding hydrogens is 134 g/mol. The van der Waals surface area contributed by atoms with Gasteiger partial charge in [-0.25, -0.2) is 0 Å². The lowest BCUT2D eigenvalue weighted by Crippen LogP contribution is -2.31. The molecule has 0 N–H and O–H groups in total. The van der Waals surface area contributed by atoms with Crippen LogP contribution in [0.25, 0.3) is 0 Å². The number of rotatable bonds is 1. The second-order valence-corrected chi connectivity index (χ2v) is 3.88. The Balaban J connectivity index is 0.000001000. The molecule has 1 heteroatoms. The maximum Gasteiger partial charge on any atom is 0.00893 e. The van der Waals surface area contributed by atoms with Crippen LogP contribution >= 0.6 is 0 Å². The van der Waals surface area contributed by atoms with Gasteiger partial charge in [0.1, 0.15) is 0 Å². The van der Waals surface area contributed by atoms with E-state index in [4.69, 9.17) is 0 Å². The minimum absolute atomic E-state index is 0. The SMILES string of the molecule is C.CC1CCC(N(C)C)CC1. The second kappa shape index (κ2) is 4.76. The van der Waals surface area contributed by atoms with Crippen LogP contribution in [0.3, 0.4) is 0 Å². The topological polar surface area (TPSA) is 3.24 Å². The van der Waals surface area contributed by atoms with Crippen molar-refractivity contribution < 1.29 is 0 Å². The van der Waals surface area contributed by atoms with Crippen LogP contribution in [0.15, 0.2) is 0 Å². The van der Waals surface area contributed by atoms with E-state index in [1.165, 1.54) is 25.7 Å². The highest BCUT2D eigenvalue weighted by molar-refractivity contribution is 4.74. The van der Waals surface area contributed by atoms with Crippen LogP contribution in [0.4, 0.5) is 0 Å². The molecule has 11 heavy (non-hydrogen) atoms. The molecule has 0 aromatic heterocycles. The average molecular weight is 157 g/mol. The third kappa shape index (κ3) is 3.24. The summed E-state index contributed by atoms with van der Waals surface area (Å²) >= 11 is 0. The molecule has 0 amide bonds. The van der Waals surface area contributed by atoms with Crippen molar-refractivity contribution in [3.8, 4) is 0 Å². The van der Waals surface area contributed by atoms with E-state index in [1.807, 2.05) is 0 Å². The van der Waals surface area contributed by atoms with Gasteiger partial charge in [-0.1, -0.05) is 14.4 Å². The summed E-state index contributed by atoms with van der Waals surface area (Å²) in [5.74, 6) is 0.983. The first-order valence-electron chi connectivity index (χ1n) is 4.36. The molecule has 0 bridgehead atoms. The van der Waals surface area contributed by atoms with Crippen LogP contribution in [0, 0.1) is 5.92 Å². The fourth-order valence-corrected chi connectivity index (χ4v) is 1.76. The summed E-state index contributed by atoms with van der Waals surface area (Å²) in [6, 6.07) is 0.871. The molecule has 0 radical (unpaired) electrons. The lowest BCUT2D eigenvalue weighted by molar-refractivity contribution is 0.200. The van der Waals surface area contributed by atoms with Gasteiger partial charge >= 0.3 is 0 Å². The lowest BCUT2D eigenvalue weighted by atomic mass is 9.87. The van der Waals surface area contributed by atoms with Gasteiger partial charge in [0.25, 0.3) is 0 Å². The quantitative estimate of drug-likeness (QED) is 0.565. The maximum absolute atomic E-state index is 2.37. The predicted octanol–water partition coefficient (Wildman–Crippen LogP) is 2.76. The third-order valence-corrected chi connectivity index (χ3v) is 2.72. The van der Waals surface area contributed by atoms with Gasteiger partial charge in [0, 0.05) is 6.04 Å². The van der Waals surface area contributed by atoms with E-state index in [9.17, 15) is 0 Å². The van der Waals surface area contributed by atoms with Crippen LogP contribution < -0.4 is 0 Å². The highest BCUT2D eigenvalue weighted by Crippen LogP contribution is 2.25. The van der Waals surface area contributed by atoms with Gasteiger partial charge in [0.15, 0.2) is 0 Å². The normalized spacial score (nSPS) is 31.6. The summed E-state index contributed by atoms with van der Waals surface area (Å²) in [7, 11) is 4.39. The Morgan fingerprint density at radius 1 is 1.00 bits per heavy atom. The van der Waals surface area contributed by atoms with Crippen LogP contribution in [0.2, 0.25) is 0 Å². The Labute approximate surface area is 71.8 Å². The molecule has 0 atom stereocenters. The summed E-state index contributed by atoms with van der Waals surface area (Å²) in [6.45, 7) is 2.37. The zero-order valence-corrected chi connectivity index (χ0v) is 7.43. The average Bonchev–Trinajstić information content (AvgIpc) is 1.88. The van der Waals surface area contributed by atoms with Crippen molar-refractivity contribution in [2.24, 2.45) is 5.92 Å². The second-order valence-electron chi connectivity index (χ2n) is 3.88. The Bertz CT molecular complexity index is 91.0. The summed E-state index contributed by atoms with van der Waals surface area (Å²) in [4.78, 5) is 2.37. The van der Waals surface area contributed by atoms with Gasteiger partial charge in [-0.3, -0.25) is 0 Å². The van der Waals surface area contributed by atoms with E-state index in [1.54, 1.807) is 0 Å². The maximum atomic E-state index is 2.37. The third-order valence-electron chi connectivity index (χ3n) is 2.72. The van der Waals surface area contributed by atoms with Crippen molar-refractivity contribution in [1.29, 1.82) is 0 Å². The molecule has 1 fully saturated rings. The van der Waals surface area contributed by atoms with Gasteiger partial charge in [0.2, 0.25) is 0 Å². The van der Waals surface area contributed by atoms with Gasteiger partial charge in [-0.15, -0.1) is 0 Å². The Morgan fingerprint density at radius 3 is 1.82 bits per heavy atom. The molecule has 68 valence electrons. The van der Waals surface area contributed by atoms with Gasteiger partial charge in [-0.2, -0.15) is 0 Å². The minimum Gasteiger partial charge on any atom is -0.306 e. The molecule has 0 spiro atoms. The fourth-order valence-electron chi connectivity index (χ4n) is 1.76. The summed E-state index contributed by atoms with van der Waals surface area (Å²) < 4.78 is 0. The van der Waals surface area contributed by atoms with E-state index in [0.717, 1.165) is 12.0 Å². The van der Waals surface area contributed by atoms with E-state index in [2.05, 4.69) is 25.9 Å². The van der Waals surface area contributed by atoms with Gasteiger partial charge in [-0.05, 0) is 45.7 Å². The fraction of sp³-hybridized carbons (Fsp3) is 1.00. The molecule has 1 saturated carbocycles. The largest absolute Gasteiger partial charge is 0.306 e. The summed E-state index contributed by atoms with van der Waals surface area (Å²) in [6.07, 6.45) is 5.69. The minimum atomic E-state index is 0. The Hall–Kier alpha value is -0.0400. The van der Waals surface area contributed by atoms with Crippen LogP contribution in [0.5, 0.6) is 0 Å². The zero-order valence-electron chi connectivity index (χ0n) is 7.43. The first-order valence-corrected chi connectivity index (χ1v) is 4.36. The summed E-state index contributed by atoms with van der Waals surface area (Å²) in [5.41, 5.74) is 0. The van der Waals surface area contributed by atoms with Crippen molar-refractivity contribution in [3.05, 3.63) is 0 Å². The highest BCUT2D eigenvalue weighted by Gasteiger charge is 2.18. The van der Waals surface area contributed by atoms with Crippen molar-refractivity contribution in [2.45, 2.75) is 46.1 Å². The Kier molecular flexibility index (Phi) is 4.74. The molecule has 1 aliphatic rings. The van der Waals surface area contributed by atoms with Crippen molar-refractivity contribution in [3.63, 3.8) is 0 Å². The van der Waals surface area contributed by atoms with E-state index < -0.39 is 0 Å². The highest BCUT2D eigenvalue weighted by atomic mass is 15.1. The van der Waals surface area contributed by atoms with Gasteiger partial charge in [0.05, 0.1) is 0 Å². The van der Waals surface area contributed by atoms with Crippen LogP contribution in [0.1, 0.15) is 40.0 Å². The molecule has 0 saturated heterocycles. The van der Waals surface area contributed by atoms with Crippen LogP contribution in [-0.2, 0) is 0 Å². The van der Waals surface area contributed by atoms with Crippen LogP contribution in [-0.4, -0.2) is 25.0 Å². The molecular formula is C10H23N. The number of hydrogen-bond acceptors (Lipinski definition) is 1. The van der Waals surface area contributed by atoms with E-state index in [-0.39, 0.29) is 7.43 Å². The zero-order chi connectivity index (χ0) is 7.56. The number of nitrogens with zero attached hydrogens (tertiary/aromatic N) is 1. The molecule has 1 rings (SSSR count). The molecule has 0 unspecified atom stereocenters. The predicted molar refractivity (Wildman–Crippen MR) is 51.8 cm³/mol. The Morgan fingerprint density at radius 2 is 1.45 bits per heavy atom. The molecule has 0 aromatic carbocycles. The molecule has 0 aliphatic heterocycles. The standard InChI is InChI=1S/C9H19N.CH4/c1-8-4-6-9(7-5-8)10(2)3;/h8-9H,4-7H2,1-3H3;1H4. The summed E-state index contributed by atoms with van der Waals surface area (Å²) in [5, 5.41) is 0.